The summed E-state index contributed by atoms with van der Waals surface area (Å²) in [4.78, 5) is 25.6. The minimum absolute atomic E-state index is 0.0211. The van der Waals surface area contributed by atoms with Gasteiger partial charge in [-0.2, -0.15) is 0 Å². The number of rotatable bonds is 2. The van der Waals surface area contributed by atoms with Gasteiger partial charge in [-0.1, -0.05) is 32.1 Å². The summed E-state index contributed by atoms with van der Waals surface area (Å²) in [7, 11) is 0. The molecule has 0 aromatic rings. The zero-order valence-electron chi connectivity index (χ0n) is 12.5. The van der Waals surface area contributed by atoms with E-state index in [-0.39, 0.29) is 17.9 Å². The standard InChI is InChI=1S/C15H25N3O3/c19-14(13-10-12(13)11-4-2-1-3-5-11)16-17-15(20)18-6-8-21-9-7-18/h11-13H,1-10H2,(H,16,19)(H,17,20). The number of carbonyl (C=O) groups excluding carboxylic acids is 2. The Hall–Kier alpha value is -1.30. The van der Waals surface area contributed by atoms with E-state index in [4.69, 9.17) is 4.74 Å². The van der Waals surface area contributed by atoms with Gasteiger partial charge in [0.15, 0.2) is 0 Å². The van der Waals surface area contributed by atoms with E-state index in [0.29, 0.717) is 32.2 Å². The van der Waals surface area contributed by atoms with Crippen molar-refractivity contribution in [3.8, 4) is 0 Å². The molecule has 118 valence electrons. The summed E-state index contributed by atoms with van der Waals surface area (Å²) in [6, 6.07) is -0.235. The summed E-state index contributed by atoms with van der Waals surface area (Å²) < 4.78 is 5.20. The van der Waals surface area contributed by atoms with Crippen LogP contribution in [0, 0.1) is 17.8 Å². The van der Waals surface area contributed by atoms with Crippen LogP contribution in [0.4, 0.5) is 4.79 Å². The van der Waals surface area contributed by atoms with Crippen LogP contribution in [-0.4, -0.2) is 43.1 Å². The second kappa shape index (κ2) is 6.64. The Morgan fingerprint density at radius 3 is 2.43 bits per heavy atom. The molecule has 2 aliphatic carbocycles. The Morgan fingerprint density at radius 1 is 1.00 bits per heavy atom. The van der Waals surface area contributed by atoms with E-state index in [2.05, 4.69) is 10.9 Å². The monoisotopic (exact) mass is 295 g/mol. The molecule has 6 heteroatoms. The maximum Gasteiger partial charge on any atom is 0.336 e. The normalized spacial score (nSPS) is 29.8. The second-order valence-corrected chi connectivity index (χ2v) is 6.42. The Kier molecular flexibility index (Phi) is 4.63. The van der Waals surface area contributed by atoms with Gasteiger partial charge in [-0.25, -0.2) is 10.2 Å². The largest absolute Gasteiger partial charge is 0.378 e. The van der Waals surface area contributed by atoms with Crippen LogP contribution < -0.4 is 10.9 Å². The highest BCUT2D eigenvalue weighted by molar-refractivity contribution is 5.84. The fourth-order valence-corrected chi connectivity index (χ4v) is 3.65. The van der Waals surface area contributed by atoms with Gasteiger partial charge >= 0.3 is 6.03 Å². The molecule has 21 heavy (non-hydrogen) atoms. The van der Waals surface area contributed by atoms with E-state index in [1.54, 1.807) is 4.90 Å². The predicted octanol–water partition coefficient (Wildman–Crippen LogP) is 1.28. The first-order chi connectivity index (χ1) is 10.3. The Bertz CT molecular complexity index is 390. The van der Waals surface area contributed by atoms with Crippen LogP contribution in [0.3, 0.4) is 0 Å². The summed E-state index contributed by atoms with van der Waals surface area (Å²) in [5.74, 6) is 1.36. The Morgan fingerprint density at radius 2 is 1.71 bits per heavy atom. The zero-order valence-corrected chi connectivity index (χ0v) is 12.5. The van der Waals surface area contributed by atoms with Gasteiger partial charge in [0.25, 0.3) is 0 Å². The van der Waals surface area contributed by atoms with Crippen LogP contribution in [-0.2, 0) is 9.53 Å². The Labute approximate surface area is 125 Å². The summed E-state index contributed by atoms with van der Waals surface area (Å²) in [5.41, 5.74) is 5.12. The van der Waals surface area contributed by atoms with Gasteiger partial charge in [0.05, 0.1) is 13.2 Å². The number of hydrogen-bond acceptors (Lipinski definition) is 3. The van der Waals surface area contributed by atoms with Crippen molar-refractivity contribution in [1.29, 1.82) is 0 Å². The highest BCUT2D eigenvalue weighted by Crippen LogP contribution is 2.49. The summed E-state index contributed by atoms with van der Waals surface area (Å²) in [5, 5.41) is 0. The van der Waals surface area contributed by atoms with Crippen LogP contribution in [0.15, 0.2) is 0 Å². The Balaban J connectivity index is 1.37. The number of morpholine rings is 1. The maximum absolute atomic E-state index is 12.1. The third kappa shape index (κ3) is 3.67. The van der Waals surface area contributed by atoms with Crippen LogP contribution in [0.25, 0.3) is 0 Å². The first kappa shape index (κ1) is 14.6. The van der Waals surface area contributed by atoms with Gasteiger partial charge < -0.3 is 9.64 Å². The molecule has 3 amide bonds. The number of ether oxygens (including phenoxy) is 1. The van der Waals surface area contributed by atoms with E-state index in [1.807, 2.05) is 0 Å². The fourth-order valence-electron chi connectivity index (χ4n) is 3.65. The third-order valence-corrected chi connectivity index (χ3v) is 5.02. The number of hydrazine groups is 1. The van der Waals surface area contributed by atoms with Crippen molar-refractivity contribution in [2.45, 2.75) is 38.5 Å². The minimum Gasteiger partial charge on any atom is -0.378 e. The number of nitrogens with zero attached hydrogens (tertiary/aromatic N) is 1. The van der Waals surface area contributed by atoms with Crippen LogP contribution >= 0.6 is 0 Å². The summed E-state index contributed by atoms with van der Waals surface area (Å²) >= 11 is 0. The smallest absolute Gasteiger partial charge is 0.336 e. The lowest BCUT2D eigenvalue weighted by Crippen LogP contribution is -2.52. The zero-order chi connectivity index (χ0) is 14.7. The molecule has 1 heterocycles. The highest BCUT2D eigenvalue weighted by Gasteiger charge is 2.47. The molecule has 1 aliphatic heterocycles. The molecule has 3 aliphatic rings. The molecule has 2 saturated carbocycles. The third-order valence-electron chi connectivity index (χ3n) is 5.02. The van der Waals surface area contributed by atoms with Crippen molar-refractivity contribution in [2.24, 2.45) is 17.8 Å². The van der Waals surface area contributed by atoms with E-state index < -0.39 is 0 Å². The van der Waals surface area contributed by atoms with Gasteiger partial charge in [-0.15, -0.1) is 0 Å². The minimum atomic E-state index is -0.235. The molecule has 0 bridgehead atoms. The summed E-state index contributed by atoms with van der Waals surface area (Å²) in [6.07, 6.45) is 7.50. The molecule has 6 nitrogen and oxygen atoms in total. The van der Waals surface area contributed by atoms with Crippen molar-refractivity contribution < 1.29 is 14.3 Å². The molecule has 2 N–H and O–H groups in total. The first-order valence-corrected chi connectivity index (χ1v) is 8.18. The second-order valence-electron chi connectivity index (χ2n) is 6.42. The average Bonchev–Trinajstić information content (AvgIpc) is 3.35. The SMILES string of the molecule is O=C(NNC(=O)N1CCOCC1)C1CC1C1CCCCC1. The highest BCUT2D eigenvalue weighted by atomic mass is 16.5. The molecule has 3 fully saturated rings. The lowest BCUT2D eigenvalue weighted by molar-refractivity contribution is -0.123. The fraction of sp³-hybridized carbons (Fsp3) is 0.867. The molecule has 0 radical (unpaired) electrons. The van der Waals surface area contributed by atoms with Crippen molar-refractivity contribution in [2.75, 3.05) is 26.3 Å². The maximum atomic E-state index is 12.1. The number of nitrogens with one attached hydrogen (secondary N) is 2. The average molecular weight is 295 g/mol. The van der Waals surface area contributed by atoms with Gasteiger partial charge in [-0.05, 0) is 18.3 Å². The molecular weight excluding hydrogens is 270 g/mol. The lowest BCUT2D eigenvalue weighted by atomic mass is 9.85. The molecule has 2 unspecified atom stereocenters. The molecular formula is C15H25N3O3. The van der Waals surface area contributed by atoms with Gasteiger partial charge in [0, 0.05) is 19.0 Å². The number of carbonyl (C=O) groups is 2. The van der Waals surface area contributed by atoms with Crippen molar-refractivity contribution in [3.63, 3.8) is 0 Å². The van der Waals surface area contributed by atoms with Crippen molar-refractivity contribution in [3.05, 3.63) is 0 Å². The molecule has 0 spiro atoms. The van der Waals surface area contributed by atoms with Gasteiger partial charge in [0.1, 0.15) is 0 Å². The van der Waals surface area contributed by atoms with Crippen LogP contribution in [0.2, 0.25) is 0 Å². The topological polar surface area (TPSA) is 70.7 Å². The molecule has 1 saturated heterocycles. The van der Waals surface area contributed by atoms with E-state index in [0.717, 1.165) is 12.3 Å². The number of hydrogen-bond donors (Lipinski definition) is 2. The molecule has 3 rings (SSSR count). The van der Waals surface area contributed by atoms with Crippen molar-refractivity contribution >= 4 is 11.9 Å². The van der Waals surface area contributed by atoms with Gasteiger partial charge in [0.2, 0.25) is 5.91 Å². The number of amides is 3. The van der Waals surface area contributed by atoms with E-state index >= 15 is 0 Å². The first-order valence-electron chi connectivity index (χ1n) is 8.18. The van der Waals surface area contributed by atoms with E-state index in [9.17, 15) is 9.59 Å². The van der Waals surface area contributed by atoms with Crippen LogP contribution in [0.1, 0.15) is 38.5 Å². The van der Waals surface area contributed by atoms with Crippen molar-refractivity contribution in [1.82, 2.24) is 15.8 Å². The quantitative estimate of drug-likeness (QED) is 0.754. The molecule has 2 atom stereocenters. The lowest BCUT2D eigenvalue weighted by Gasteiger charge is -2.27. The molecule has 0 aromatic heterocycles. The van der Waals surface area contributed by atoms with Gasteiger partial charge in [-0.3, -0.25) is 10.2 Å². The predicted molar refractivity (Wildman–Crippen MR) is 77.2 cm³/mol. The number of urea groups is 1. The van der Waals surface area contributed by atoms with Crippen LogP contribution in [0.5, 0.6) is 0 Å². The van der Waals surface area contributed by atoms with E-state index in [1.165, 1.54) is 32.1 Å². The summed E-state index contributed by atoms with van der Waals surface area (Å²) in [6.45, 7) is 2.28. The molecule has 0 aromatic carbocycles.